The first-order valence-electron chi connectivity index (χ1n) is 7.32. The number of carbonyl (C=O) groups is 1. The van der Waals surface area contributed by atoms with Crippen LogP contribution >= 0.6 is 0 Å². The zero-order chi connectivity index (χ0) is 15.4. The zero-order valence-corrected chi connectivity index (χ0v) is 15.9. The summed E-state index contributed by atoms with van der Waals surface area (Å²) in [7, 11) is 0. The van der Waals surface area contributed by atoms with Gasteiger partial charge in [-0.3, -0.25) is 0 Å². The number of nitrogens with two attached hydrogens (primary N) is 1. The Balaban J connectivity index is 2.28. The van der Waals surface area contributed by atoms with Crippen molar-refractivity contribution in [3.05, 3.63) is 29.8 Å². The second kappa shape index (κ2) is 4.66. The second-order valence-corrected chi connectivity index (χ2v) is 21.4. The van der Waals surface area contributed by atoms with Gasteiger partial charge in [0.15, 0.2) is 0 Å². The van der Waals surface area contributed by atoms with Crippen LogP contribution < -0.4 is 9.31 Å². The number of pyridine rings is 2. The minimum absolute atomic E-state index is 0.249. The first kappa shape index (κ1) is 14.8. The van der Waals surface area contributed by atoms with Crippen molar-refractivity contribution >= 4 is 38.6 Å². The van der Waals surface area contributed by atoms with Crippen LogP contribution in [-0.2, 0) is 10.2 Å². The number of primary amides is 1. The fourth-order valence-electron chi connectivity index (χ4n) is 2.88. The van der Waals surface area contributed by atoms with E-state index in [4.69, 9.17) is 5.73 Å². The van der Waals surface area contributed by atoms with Crippen LogP contribution in [0.4, 0.5) is 0 Å². The minimum atomic E-state index is -2.29. The van der Waals surface area contributed by atoms with Crippen molar-refractivity contribution in [2.24, 2.45) is 5.73 Å². The first-order chi connectivity index (χ1) is 9.75. The Morgan fingerprint density at radius 3 is 2.38 bits per heavy atom. The van der Waals surface area contributed by atoms with Gasteiger partial charge in [-0.1, -0.05) is 0 Å². The molecular weight excluding hydrogens is 369 g/mol. The van der Waals surface area contributed by atoms with Gasteiger partial charge in [-0.25, -0.2) is 0 Å². The molecule has 4 nitrogen and oxygen atoms in total. The monoisotopic (exact) mass is 391 g/mol. The Morgan fingerprint density at radius 1 is 1.19 bits per heavy atom. The number of hydrogen-bond acceptors (Lipinski definition) is 3. The molecule has 110 valence electrons. The molecule has 0 aromatic carbocycles. The van der Waals surface area contributed by atoms with Gasteiger partial charge in [-0.2, -0.15) is 0 Å². The number of aryl methyl sites for hydroxylation is 1. The van der Waals surface area contributed by atoms with E-state index in [2.05, 4.69) is 30.9 Å². The average molecular weight is 390 g/mol. The van der Waals surface area contributed by atoms with Gasteiger partial charge in [0.1, 0.15) is 0 Å². The van der Waals surface area contributed by atoms with E-state index in [9.17, 15) is 4.79 Å². The molecule has 2 heterocycles. The van der Waals surface area contributed by atoms with Crippen LogP contribution in [0.25, 0.3) is 10.8 Å². The number of aromatic nitrogens is 2. The van der Waals surface area contributed by atoms with E-state index in [0.717, 1.165) is 29.6 Å². The maximum atomic E-state index is 11.8. The maximum absolute atomic E-state index is 11.8. The van der Waals surface area contributed by atoms with Crippen molar-refractivity contribution in [1.29, 1.82) is 0 Å². The summed E-state index contributed by atoms with van der Waals surface area (Å²) in [6.45, 7) is 2.01. The molecule has 0 aliphatic heterocycles. The van der Waals surface area contributed by atoms with Gasteiger partial charge >= 0.3 is 129 Å². The van der Waals surface area contributed by atoms with Crippen LogP contribution in [0.1, 0.15) is 24.2 Å². The fraction of sp³-hybridized carbons (Fsp3) is 0.438. The summed E-state index contributed by atoms with van der Waals surface area (Å²) in [5, 5.41) is 2.33. The molecule has 1 saturated carbocycles. The Kier molecular flexibility index (Phi) is 3.28. The molecule has 1 aliphatic carbocycles. The van der Waals surface area contributed by atoms with Gasteiger partial charge < -0.3 is 0 Å². The summed E-state index contributed by atoms with van der Waals surface area (Å²) in [6, 6.07) is 2.10. The molecule has 0 saturated heterocycles. The Labute approximate surface area is 129 Å². The quantitative estimate of drug-likeness (QED) is 0.816. The number of fused-ring (bicyclic) bond motifs is 1. The molecule has 21 heavy (non-hydrogen) atoms. The topological polar surface area (TPSA) is 68.9 Å². The van der Waals surface area contributed by atoms with Crippen LogP contribution in [0.2, 0.25) is 14.8 Å². The molecule has 0 bridgehead atoms. The van der Waals surface area contributed by atoms with E-state index >= 15 is 0 Å². The van der Waals surface area contributed by atoms with Crippen LogP contribution in [-0.4, -0.2) is 34.3 Å². The van der Waals surface area contributed by atoms with Gasteiger partial charge in [0.25, 0.3) is 0 Å². The van der Waals surface area contributed by atoms with Crippen molar-refractivity contribution in [1.82, 2.24) is 9.97 Å². The number of nitrogens with zero attached hydrogens (tertiary/aromatic N) is 2. The summed E-state index contributed by atoms with van der Waals surface area (Å²) in [6.07, 6.45) is 5.54. The van der Waals surface area contributed by atoms with E-state index in [1.54, 1.807) is 0 Å². The molecule has 0 unspecified atom stereocenters. The zero-order valence-electron chi connectivity index (χ0n) is 13.0. The van der Waals surface area contributed by atoms with Crippen LogP contribution in [0, 0.1) is 6.92 Å². The SMILES string of the molecule is Cc1nc[c]([Sn]([CH3])([CH3])[CH3])c2cc(C3(C(N)=O)CC3)ncc12. The third-order valence-electron chi connectivity index (χ3n) is 4.49. The molecule has 2 N–H and O–H groups in total. The predicted octanol–water partition coefficient (Wildman–Crippen LogP) is 2.00. The Hall–Kier alpha value is -1.17. The summed E-state index contributed by atoms with van der Waals surface area (Å²) in [5.41, 5.74) is 6.90. The van der Waals surface area contributed by atoms with Crippen molar-refractivity contribution in [2.75, 3.05) is 0 Å². The number of amides is 1. The summed E-state index contributed by atoms with van der Waals surface area (Å²) >= 11 is -2.29. The van der Waals surface area contributed by atoms with Crippen molar-refractivity contribution in [3.8, 4) is 0 Å². The Morgan fingerprint density at radius 2 is 1.86 bits per heavy atom. The molecule has 0 radical (unpaired) electrons. The van der Waals surface area contributed by atoms with Crippen LogP contribution in [0.3, 0.4) is 0 Å². The molecule has 5 heteroatoms. The molecule has 1 fully saturated rings. The van der Waals surface area contributed by atoms with E-state index < -0.39 is 23.8 Å². The van der Waals surface area contributed by atoms with Crippen molar-refractivity contribution in [2.45, 2.75) is 40.0 Å². The number of carbonyl (C=O) groups excluding carboxylic acids is 1. The van der Waals surface area contributed by atoms with Gasteiger partial charge in [0, 0.05) is 0 Å². The summed E-state index contributed by atoms with van der Waals surface area (Å²) < 4.78 is 1.38. The van der Waals surface area contributed by atoms with Crippen molar-refractivity contribution in [3.63, 3.8) is 0 Å². The van der Waals surface area contributed by atoms with Gasteiger partial charge in [0.05, 0.1) is 0 Å². The first-order valence-corrected chi connectivity index (χ1v) is 17.3. The summed E-state index contributed by atoms with van der Waals surface area (Å²) in [5.74, 6) is -0.249. The number of rotatable bonds is 3. The molecule has 2 aromatic heterocycles. The molecule has 1 aliphatic rings. The molecule has 0 spiro atoms. The Bertz CT molecular complexity index is 745. The van der Waals surface area contributed by atoms with Gasteiger partial charge in [-0.15, -0.1) is 0 Å². The van der Waals surface area contributed by atoms with E-state index in [1.807, 2.05) is 19.3 Å². The third kappa shape index (κ3) is 2.33. The van der Waals surface area contributed by atoms with E-state index in [1.165, 1.54) is 8.97 Å². The average Bonchev–Trinajstić information content (AvgIpc) is 3.18. The van der Waals surface area contributed by atoms with Crippen LogP contribution in [0.5, 0.6) is 0 Å². The van der Waals surface area contributed by atoms with Crippen LogP contribution in [0.15, 0.2) is 18.5 Å². The second-order valence-electron chi connectivity index (χ2n) is 7.07. The fourth-order valence-corrected chi connectivity index (χ4v) is 7.07. The molecular formula is C16H21N3OSn. The third-order valence-corrected chi connectivity index (χ3v) is 10.2. The predicted molar refractivity (Wildman–Crippen MR) is 87.4 cm³/mol. The molecule has 1 amide bonds. The standard InChI is InChI=1S/C13H12N3O.3CH3.Sn/c1-8-10-7-16-11(6-9(10)2-5-15-8)13(3-4-13)12(14)17;;;;/h5-7H,3-4H2,1H3,(H2,14,17);3*1H3;. The van der Waals surface area contributed by atoms with E-state index in [-0.39, 0.29) is 5.91 Å². The molecule has 0 atom stereocenters. The molecule has 3 rings (SSSR count). The van der Waals surface area contributed by atoms with E-state index in [0.29, 0.717) is 0 Å². The number of hydrogen-bond donors (Lipinski definition) is 1. The molecule has 2 aromatic rings. The van der Waals surface area contributed by atoms with Crippen molar-refractivity contribution < 1.29 is 4.79 Å². The normalized spacial score (nSPS) is 17.0. The van der Waals surface area contributed by atoms with Gasteiger partial charge in [0.2, 0.25) is 0 Å². The van der Waals surface area contributed by atoms with Gasteiger partial charge in [-0.05, 0) is 0 Å². The summed E-state index contributed by atoms with van der Waals surface area (Å²) in [4.78, 5) is 27.9.